The maximum atomic E-state index is 13.2. The normalized spacial score (nSPS) is 13.9. The molecule has 7 heteroatoms. The van der Waals surface area contributed by atoms with Crippen molar-refractivity contribution in [3.8, 4) is 0 Å². The predicted molar refractivity (Wildman–Crippen MR) is 106 cm³/mol. The SMILES string of the molecule is Cc1ccc(S(=O)(=O)N2N=C(c3ccccc3)c3ccccc3B2O)cc1. The van der Waals surface area contributed by atoms with Gasteiger partial charge in [0.1, 0.15) is 0 Å². The maximum Gasteiger partial charge on any atom is 0.484 e. The molecule has 0 saturated heterocycles. The minimum atomic E-state index is -4.02. The quantitative estimate of drug-likeness (QED) is 0.712. The summed E-state index contributed by atoms with van der Waals surface area (Å²) in [5.41, 5.74) is 3.45. The van der Waals surface area contributed by atoms with Crippen LogP contribution in [0.15, 0.2) is 88.9 Å². The van der Waals surface area contributed by atoms with Gasteiger partial charge in [-0.2, -0.15) is 9.43 Å². The number of sulfonamides is 1. The standard InChI is InChI=1S/C20H17BN2O3S/c1-15-11-13-17(14-12-15)27(25,26)23-21(24)19-10-6-5-9-18(19)20(22-23)16-7-3-2-4-8-16/h2-14,24H,1H3. The molecular formula is C20H17BN2O3S. The van der Waals surface area contributed by atoms with Crippen molar-refractivity contribution < 1.29 is 13.4 Å². The van der Waals surface area contributed by atoms with Crippen LogP contribution in [0.1, 0.15) is 16.7 Å². The van der Waals surface area contributed by atoms with Gasteiger partial charge >= 0.3 is 7.05 Å². The van der Waals surface area contributed by atoms with Crippen molar-refractivity contribution in [3.05, 3.63) is 95.6 Å². The van der Waals surface area contributed by atoms with E-state index < -0.39 is 17.1 Å². The molecule has 1 aliphatic rings. The van der Waals surface area contributed by atoms with Crippen LogP contribution in [-0.2, 0) is 10.0 Å². The van der Waals surface area contributed by atoms with E-state index in [1.54, 1.807) is 24.3 Å². The zero-order valence-electron chi connectivity index (χ0n) is 14.6. The summed E-state index contributed by atoms with van der Waals surface area (Å²) in [6.07, 6.45) is 0. The van der Waals surface area contributed by atoms with E-state index in [2.05, 4.69) is 5.10 Å². The van der Waals surface area contributed by atoms with Crippen molar-refractivity contribution in [2.45, 2.75) is 11.8 Å². The molecule has 1 N–H and O–H groups in total. The second-order valence-corrected chi connectivity index (χ2v) is 8.16. The van der Waals surface area contributed by atoms with Crippen LogP contribution in [0.25, 0.3) is 0 Å². The summed E-state index contributed by atoms with van der Waals surface area (Å²) in [5.74, 6) is 0. The molecule has 3 aromatic rings. The van der Waals surface area contributed by atoms with E-state index in [-0.39, 0.29) is 4.90 Å². The highest BCUT2D eigenvalue weighted by Crippen LogP contribution is 2.23. The van der Waals surface area contributed by atoms with Crippen LogP contribution in [0.2, 0.25) is 0 Å². The Morgan fingerprint density at radius 2 is 1.52 bits per heavy atom. The molecule has 27 heavy (non-hydrogen) atoms. The molecule has 4 rings (SSSR count). The molecule has 0 amide bonds. The minimum Gasteiger partial charge on any atom is -0.427 e. The van der Waals surface area contributed by atoms with Gasteiger partial charge in [-0.1, -0.05) is 72.3 Å². The van der Waals surface area contributed by atoms with Crippen LogP contribution in [0.5, 0.6) is 0 Å². The second kappa shape index (κ2) is 6.68. The number of aryl methyl sites for hydroxylation is 1. The fourth-order valence-corrected chi connectivity index (χ4v) is 4.34. The predicted octanol–water partition coefficient (Wildman–Crippen LogP) is 2.14. The average Bonchev–Trinajstić information content (AvgIpc) is 2.69. The molecule has 0 aliphatic carbocycles. The number of rotatable bonds is 3. The number of hydrogen-bond donors (Lipinski definition) is 1. The molecule has 0 saturated carbocycles. The monoisotopic (exact) mass is 376 g/mol. The van der Waals surface area contributed by atoms with Gasteiger partial charge in [0.15, 0.2) is 0 Å². The van der Waals surface area contributed by atoms with Crippen molar-refractivity contribution >= 4 is 28.2 Å². The first-order valence-electron chi connectivity index (χ1n) is 8.51. The van der Waals surface area contributed by atoms with Crippen molar-refractivity contribution in [2.24, 2.45) is 5.10 Å². The first-order chi connectivity index (χ1) is 13.0. The Kier molecular flexibility index (Phi) is 4.33. The minimum absolute atomic E-state index is 0.0858. The first-order valence-corrected chi connectivity index (χ1v) is 9.95. The van der Waals surface area contributed by atoms with Gasteiger partial charge in [0.05, 0.1) is 10.6 Å². The van der Waals surface area contributed by atoms with Crippen LogP contribution in [-0.4, -0.2) is 30.5 Å². The summed E-state index contributed by atoms with van der Waals surface area (Å²) in [4.78, 5) is 0.0858. The van der Waals surface area contributed by atoms with E-state index in [1.807, 2.05) is 49.4 Å². The van der Waals surface area contributed by atoms with Crippen LogP contribution in [0.4, 0.5) is 0 Å². The summed E-state index contributed by atoms with van der Waals surface area (Å²) in [6.45, 7) is 1.88. The first kappa shape index (κ1) is 17.5. The second-order valence-electron chi connectivity index (χ2n) is 6.37. The largest absolute Gasteiger partial charge is 0.484 e. The maximum absolute atomic E-state index is 13.2. The highest BCUT2D eigenvalue weighted by atomic mass is 32.2. The average molecular weight is 376 g/mol. The topological polar surface area (TPSA) is 70.0 Å². The van der Waals surface area contributed by atoms with E-state index >= 15 is 0 Å². The third-order valence-corrected chi connectivity index (χ3v) is 6.16. The summed E-state index contributed by atoms with van der Waals surface area (Å²) >= 11 is 0. The van der Waals surface area contributed by atoms with Gasteiger partial charge in [0, 0.05) is 11.1 Å². The highest BCUT2D eigenvalue weighted by Gasteiger charge is 2.40. The molecule has 1 aliphatic heterocycles. The smallest absolute Gasteiger partial charge is 0.427 e. The molecule has 3 aromatic carbocycles. The van der Waals surface area contributed by atoms with Crippen molar-refractivity contribution in [3.63, 3.8) is 0 Å². The molecule has 0 radical (unpaired) electrons. The third kappa shape index (κ3) is 3.05. The molecule has 0 unspecified atom stereocenters. The zero-order valence-corrected chi connectivity index (χ0v) is 15.5. The molecular weight excluding hydrogens is 359 g/mol. The Bertz CT molecular complexity index is 1110. The van der Waals surface area contributed by atoms with Crippen LogP contribution >= 0.6 is 0 Å². The lowest BCUT2D eigenvalue weighted by atomic mass is 9.70. The van der Waals surface area contributed by atoms with E-state index in [4.69, 9.17) is 0 Å². The fraction of sp³-hybridized carbons (Fsp3) is 0.0500. The van der Waals surface area contributed by atoms with Gasteiger partial charge in [-0.15, -0.1) is 0 Å². The number of hydrazone groups is 1. The van der Waals surface area contributed by atoms with Gasteiger partial charge in [0.25, 0.3) is 10.0 Å². The van der Waals surface area contributed by atoms with Crippen LogP contribution in [0.3, 0.4) is 0 Å². The summed E-state index contributed by atoms with van der Waals surface area (Å²) < 4.78 is 27.1. The van der Waals surface area contributed by atoms with Crippen LogP contribution < -0.4 is 5.46 Å². The van der Waals surface area contributed by atoms with E-state index in [0.29, 0.717) is 16.7 Å². The van der Waals surface area contributed by atoms with E-state index in [1.165, 1.54) is 12.1 Å². The Morgan fingerprint density at radius 3 is 2.22 bits per heavy atom. The van der Waals surface area contributed by atoms with Crippen molar-refractivity contribution in [1.29, 1.82) is 0 Å². The van der Waals surface area contributed by atoms with Crippen molar-refractivity contribution in [2.75, 3.05) is 0 Å². The number of nitrogens with zero attached hydrogens (tertiary/aromatic N) is 2. The fourth-order valence-electron chi connectivity index (χ4n) is 3.08. The number of benzene rings is 3. The van der Waals surface area contributed by atoms with Gasteiger partial charge < -0.3 is 5.02 Å². The molecule has 0 fully saturated rings. The Labute approximate surface area is 158 Å². The summed E-state index contributed by atoms with van der Waals surface area (Å²) in [6, 6.07) is 23.0. The lowest BCUT2D eigenvalue weighted by Crippen LogP contribution is -2.53. The lowest BCUT2D eigenvalue weighted by Gasteiger charge is -2.29. The van der Waals surface area contributed by atoms with E-state index in [9.17, 15) is 13.4 Å². The Balaban J connectivity index is 1.90. The molecule has 0 aromatic heterocycles. The van der Waals surface area contributed by atoms with E-state index in [0.717, 1.165) is 15.5 Å². The Hall–Kier alpha value is -2.90. The third-order valence-electron chi connectivity index (χ3n) is 4.51. The van der Waals surface area contributed by atoms with Gasteiger partial charge in [0.2, 0.25) is 0 Å². The summed E-state index contributed by atoms with van der Waals surface area (Å²) in [5, 5.41) is 15.1. The van der Waals surface area contributed by atoms with Gasteiger partial charge in [-0.05, 0) is 24.5 Å². The molecule has 0 atom stereocenters. The lowest BCUT2D eigenvalue weighted by molar-refractivity contribution is 0.475. The molecule has 0 bridgehead atoms. The zero-order chi connectivity index (χ0) is 19.0. The van der Waals surface area contributed by atoms with Gasteiger partial charge in [-0.3, -0.25) is 0 Å². The van der Waals surface area contributed by atoms with Gasteiger partial charge in [-0.25, -0.2) is 8.42 Å². The highest BCUT2D eigenvalue weighted by molar-refractivity contribution is 7.90. The van der Waals surface area contributed by atoms with Crippen molar-refractivity contribution in [1.82, 2.24) is 4.33 Å². The number of fused-ring (bicyclic) bond motifs is 1. The number of hydrogen-bond acceptors (Lipinski definition) is 4. The molecule has 134 valence electrons. The Morgan fingerprint density at radius 1 is 0.889 bits per heavy atom. The molecule has 1 heterocycles. The molecule has 0 spiro atoms. The molecule has 5 nitrogen and oxygen atoms in total. The summed E-state index contributed by atoms with van der Waals surface area (Å²) in [7, 11) is -5.40. The van der Waals surface area contributed by atoms with Crippen LogP contribution in [0, 0.1) is 6.92 Å².